The van der Waals surface area contributed by atoms with E-state index in [9.17, 15) is 5.11 Å². The molecule has 0 unspecified atom stereocenters. The molecule has 0 aliphatic heterocycles. The number of aromatic nitrogens is 1. The molecule has 0 amide bonds. The van der Waals surface area contributed by atoms with Gasteiger partial charge in [0.05, 0.1) is 17.0 Å². The second kappa shape index (κ2) is 5.05. The van der Waals surface area contributed by atoms with Crippen molar-refractivity contribution in [3.8, 4) is 0 Å². The van der Waals surface area contributed by atoms with Crippen molar-refractivity contribution in [1.29, 1.82) is 0 Å². The molecule has 0 spiro atoms. The Morgan fingerprint density at radius 3 is 2.68 bits per heavy atom. The summed E-state index contributed by atoms with van der Waals surface area (Å²) < 4.78 is 0. The third kappa shape index (κ3) is 2.96. The van der Waals surface area contributed by atoms with Gasteiger partial charge in [0.25, 0.3) is 0 Å². The lowest BCUT2D eigenvalue weighted by molar-refractivity contribution is 0.0876. The molecule has 0 saturated carbocycles. The maximum absolute atomic E-state index is 9.99. The van der Waals surface area contributed by atoms with Gasteiger partial charge in [0.1, 0.15) is 0 Å². The van der Waals surface area contributed by atoms with Crippen LogP contribution in [0.2, 0.25) is 0 Å². The van der Waals surface area contributed by atoms with E-state index in [-0.39, 0.29) is 0 Å². The molecule has 0 fully saturated rings. The quantitative estimate of drug-likeness (QED) is 0.828. The summed E-state index contributed by atoms with van der Waals surface area (Å²) in [6.07, 6.45) is 3.55. The van der Waals surface area contributed by atoms with Crippen LogP contribution in [0.3, 0.4) is 0 Å². The van der Waals surface area contributed by atoms with Crippen molar-refractivity contribution in [3.63, 3.8) is 0 Å². The zero-order valence-corrected chi connectivity index (χ0v) is 11.7. The third-order valence-electron chi connectivity index (χ3n) is 3.14. The molecule has 4 heteroatoms. The summed E-state index contributed by atoms with van der Waals surface area (Å²) in [4.78, 5) is 6.19. The van der Waals surface area contributed by atoms with E-state index in [0.29, 0.717) is 6.54 Å². The van der Waals surface area contributed by atoms with Crippen molar-refractivity contribution < 1.29 is 5.11 Å². The van der Waals surface area contributed by atoms with Gasteiger partial charge in [-0.15, -0.1) is 0 Å². The van der Waals surface area contributed by atoms with Crippen LogP contribution in [0.5, 0.6) is 0 Å². The molecule has 0 bridgehead atoms. The Hall–Kier alpha value is -1.81. The number of aliphatic hydroxyl groups is 1. The molecule has 0 atom stereocenters. The van der Waals surface area contributed by atoms with E-state index in [1.807, 2.05) is 24.4 Å². The first-order chi connectivity index (χ1) is 8.92. The minimum absolute atomic E-state index is 0.546. The molecular formula is C15H21N3O. The van der Waals surface area contributed by atoms with Gasteiger partial charge in [-0.2, -0.15) is 0 Å². The van der Waals surface area contributed by atoms with E-state index in [2.05, 4.69) is 16.8 Å². The summed E-state index contributed by atoms with van der Waals surface area (Å²) >= 11 is 0. The second-order valence-electron chi connectivity index (χ2n) is 5.42. The van der Waals surface area contributed by atoms with Crippen LogP contribution >= 0.6 is 0 Å². The monoisotopic (exact) mass is 259 g/mol. The molecule has 3 N–H and O–H groups in total. The number of benzene rings is 1. The Bertz CT molecular complexity index is 575. The zero-order valence-electron chi connectivity index (χ0n) is 11.7. The Balaban J connectivity index is 2.46. The number of likely N-dealkylation sites (N-methyl/N-ethyl adjacent to an activating group) is 1. The lowest BCUT2D eigenvalue weighted by atomic mass is 10.1. The SMILES string of the molecule is CCN(CC(C)(C)O)c1ccc2cnccc2c1N. The van der Waals surface area contributed by atoms with Crippen molar-refractivity contribution in [1.82, 2.24) is 4.98 Å². The number of nitrogens with two attached hydrogens (primary N) is 1. The molecule has 19 heavy (non-hydrogen) atoms. The van der Waals surface area contributed by atoms with E-state index in [1.165, 1.54) is 0 Å². The summed E-state index contributed by atoms with van der Waals surface area (Å²) in [6.45, 7) is 7.00. The summed E-state index contributed by atoms with van der Waals surface area (Å²) in [7, 11) is 0. The number of pyridine rings is 1. The standard InChI is InChI=1S/C15H21N3O/c1-4-18(10-15(2,3)19)13-6-5-11-9-17-8-7-12(11)14(13)16/h5-9,19H,4,10,16H2,1-3H3. The average molecular weight is 259 g/mol. The molecule has 1 aromatic heterocycles. The van der Waals surface area contributed by atoms with Crippen LogP contribution in [-0.2, 0) is 0 Å². The highest BCUT2D eigenvalue weighted by Gasteiger charge is 2.19. The van der Waals surface area contributed by atoms with Gasteiger partial charge in [-0.1, -0.05) is 6.07 Å². The highest BCUT2D eigenvalue weighted by molar-refractivity contribution is 5.98. The second-order valence-corrected chi connectivity index (χ2v) is 5.42. The van der Waals surface area contributed by atoms with E-state index in [0.717, 1.165) is 28.7 Å². The average Bonchev–Trinajstić information content (AvgIpc) is 2.36. The molecule has 2 aromatic rings. The number of hydrogen-bond acceptors (Lipinski definition) is 4. The fraction of sp³-hybridized carbons (Fsp3) is 0.400. The summed E-state index contributed by atoms with van der Waals surface area (Å²) in [5.41, 5.74) is 7.21. The Labute approximate surface area is 113 Å². The first kappa shape index (κ1) is 13.6. The van der Waals surface area contributed by atoms with Gasteiger partial charge in [0.15, 0.2) is 0 Å². The molecule has 102 valence electrons. The Morgan fingerprint density at radius 2 is 2.05 bits per heavy atom. The maximum Gasteiger partial charge on any atom is 0.0765 e. The van der Waals surface area contributed by atoms with Crippen LogP contribution in [0.25, 0.3) is 10.8 Å². The Morgan fingerprint density at radius 1 is 1.32 bits per heavy atom. The number of anilines is 2. The molecule has 0 aliphatic rings. The first-order valence-corrected chi connectivity index (χ1v) is 6.52. The highest BCUT2D eigenvalue weighted by atomic mass is 16.3. The largest absolute Gasteiger partial charge is 0.397 e. The third-order valence-corrected chi connectivity index (χ3v) is 3.14. The van der Waals surface area contributed by atoms with E-state index < -0.39 is 5.60 Å². The van der Waals surface area contributed by atoms with Gasteiger partial charge < -0.3 is 15.7 Å². The topological polar surface area (TPSA) is 62.4 Å². The minimum Gasteiger partial charge on any atom is -0.397 e. The van der Waals surface area contributed by atoms with Crippen LogP contribution in [-0.4, -0.2) is 28.8 Å². The summed E-state index contributed by atoms with van der Waals surface area (Å²) in [5.74, 6) is 0. The smallest absolute Gasteiger partial charge is 0.0765 e. The predicted molar refractivity (Wildman–Crippen MR) is 80.3 cm³/mol. The highest BCUT2D eigenvalue weighted by Crippen LogP contribution is 2.31. The summed E-state index contributed by atoms with van der Waals surface area (Å²) in [6, 6.07) is 5.93. The number of hydrogen-bond donors (Lipinski definition) is 2. The van der Waals surface area contributed by atoms with Crippen molar-refractivity contribution in [2.45, 2.75) is 26.4 Å². The fourth-order valence-electron chi connectivity index (χ4n) is 2.29. The van der Waals surface area contributed by atoms with Crippen molar-refractivity contribution in [3.05, 3.63) is 30.6 Å². The molecular weight excluding hydrogens is 238 g/mol. The van der Waals surface area contributed by atoms with Crippen LogP contribution in [0.4, 0.5) is 11.4 Å². The number of nitrogens with zero attached hydrogens (tertiary/aromatic N) is 2. The van der Waals surface area contributed by atoms with Crippen LogP contribution < -0.4 is 10.6 Å². The van der Waals surface area contributed by atoms with Gasteiger partial charge in [-0.25, -0.2) is 0 Å². The van der Waals surface area contributed by atoms with Gasteiger partial charge in [-0.05, 0) is 32.9 Å². The van der Waals surface area contributed by atoms with Crippen molar-refractivity contribution >= 4 is 22.1 Å². The minimum atomic E-state index is -0.754. The fourth-order valence-corrected chi connectivity index (χ4v) is 2.29. The molecule has 0 aliphatic carbocycles. The zero-order chi connectivity index (χ0) is 14.0. The molecule has 1 heterocycles. The van der Waals surface area contributed by atoms with Crippen LogP contribution in [0.15, 0.2) is 30.6 Å². The van der Waals surface area contributed by atoms with Gasteiger partial charge in [-0.3, -0.25) is 4.98 Å². The summed E-state index contributed by atoms with van der Waals surface area (Å²) in [5, 5.41) is 12.0. The number of fused-ring (bicyclic) bond motifs is 1. The van der Waals surface area contributed by atoms with Gasteiger partial charge in [0.2, 0.25) is 0 Å². The lowest BCUT2D eigenvalue weighted by Crippen LogP contribution is -2.38. The predicted octanol–water partition coefficient (Wildman–Crippen LogP) is 2.41. The number of nitrogen functional groups attached to an aromatic ring is 1. The van der Waals surface area contributed by atoms with Gasteiger partial charge >= 0.3 is 0 Å². The molecule has 0 radical (unpaired) electrons. The van der Waals surface area contributed by atoms with Crippen molar-refractivity contribution in [2.75, 3.05) is 23.7 Å². The molecule has 2 rings (SSSR count). The van der Waals surface area contributed by atoms with Crippen LogP contribution in [0.1, 0.15) is 20.8 Å². The lowest BCUT2D eigenvalue weighted by Gasteiger charge is -2.31. The normalized spacial score (nSPS) is 11.8. The van der Waals surface area contributed by atoms with Crippen LogP contribution in [0, 0.1) is 0 Å². The molecule has 1 aromatic carbocycles. The molecule has 0 saturated heterocycles. The van der Waals surface area contributed by atoms with E-state index >= 15 is 0 Å². The maximum atomic E-state index is 9.99. The van der Waals surface area contributed by atoms with Crippen molar-refractivity contribution in [2.24, 2.45) is 0 Å². The Kier molecular flexibility index (Phi) is 3.62. The van der Waals surface area contributed by atoms with E-state index in [4.69, 9.17) is 5.73 Å². The first-order valence-electron chi connectivity index (χ1n) is 6.52. The molecule has 4 nitrogen and oxygen atoms in total. The number of rotatable bonds is 4. The van der Waals surface area contributed by atoms with E-state index in [1.54, 1.807) is 20.0 Å². The van der Waals surface area contributed by atoms with Gasteiger partial charge in [0, 0.05) is 36.3 Å².